The van der Waals surface area contributed by atoms with Gasteiger partial charge in [-0.3, -0.25) is 4.79 Å². The summed E-state index contributed by atoms with van der Waals surface area (Å²) in [6, 6.07) is 17.3. The number of esters is 1. The summed E-state index contributed by atoms with van der Waals surface area (Å²) in [5, 5.41) is 3.12. The van der Waals surface area contributed by atoms with Gasteiger partial charge in [-0.15, -0.1) is 0 Å². The van der Waals surface area contributed by atoms with Crippen LogP contribution in [0.15, 0.2) is 54.6 Å². The van der Waals surface area contributed by atoms with E-state index < -0.39 is 0 Å². The van der Waals surface area contributed by atoms with E-state index in [0.29, 0.717) is 18.2 Å². The lowest BCUT2D eigenvalue weighted by molar-refractivity contribution is -0.147. The van der Waals surface area contributed by atoms with E-state index in [1.54, 1.807) is 0 Å². The van der Waals surface area contributed by atoms with E-state index in [1.165, 1.54) is 0 Å². The number of carbonyl (C=O) groups excluding carboxylic acids is 1. The van der Waals surface area contributed by atoms with Crippen LogP contribution >= 0.6 is 0 Å². The van der Waals surface area contributed by atoms with Crippen molar-refractivity contribution in [3.63, 3.8) is 0 Å². The third-order valence-corrected chi connectivity index (χ3v) is 4.33. The van der Waals surface area contributed by atoms with Crippen molar-refractivity contribution in [3.8, 4) is 0 Å². The first-order valence-corrected chi connectivity index (χ1v) is 9.11. The Labute approximate surface area is 164 Å². The van der Waals surface area contributed by atoms with Crippen LogP contribution in [0.5, 0.6) is 0 Å². The Morgan fingerprint density at radius 3 is 2.50 bits per heavy atom. The third-order valence-electron chi connectivity index (χ3n) is 4.33. The molecule has 144 valence electrons. The summed E-state index contributed by atoms with van der Waals surface area (Å²) in [6.45, 7) is 3.85. The number of aromatic nitrogens is 3. The fraction of sp³-hybridized carbons (Fsp3) is 0.238. The molecule has 1 aromatic heterocycles. The van der Waals surface area contributed by atoms with Gasteiger partial charge < -0.3 is 15.8 Å². The van der Waals surface area contributed by atoms with Gasteiger partial charge in [-0.25, -0.2) is 0 Å². The molecule has 0 amide bonds. The normalized spacial score (nSPS) is 11.6. The van der Waals surface area contributed by atoms with Gasteiger partial charge in [0.25, 0.3) is 0 Å². The summed E-state index contributed by atoms with van der Waals surface area (Å²) in [5.74, 6) is 0.0149. The first-order chi connectivity index (χ1) is 13.6. The van der Waals surface area contributed by atoms with Crippen LogP contribution in [-0.4, -0.2) is 20.9 Å². The Morgan fingerprint density at radius 1 is 1.07 bits per heavy atom. The largest absolute Gasteiger partial charge is 0.457 e. The van der Waals surface area contributed by atoms with Crippen molar-refractivity contribution in [2.24, 2.45) is 0 Å². The summed E-state index contributed by atoms with van der Waals surface area (Å²) < 4.78 is 5.44. The quantitative estimate of drug-likeness (QED) is 0.605. The second-order valence-electron chi connectivity index (χ2n) is 6.35. The second kappa shape index (κ2) is 8.94. The molecular formula is C21H23N5O2. The Hall–Kier alpha value is -3.48. The standard InChI is InChI=1S/C21H23N5O2/c1-3-16(15-10-5-4-6-11-15)19(27)28-13-18-24-20(22)26-21(25-18)23-17-12-8-7-9-14(17)2/h4-12,16H,3,13H2,1-2H3,(H3,22,23,24,25,26). The molecule has 7 heteroatoms. The van der Waals surface area contributed by atoms with E-state index in [0.717, 1.165) is 16.8 Å². The molecule has 1 unspecified atom stereocenters. The van der Waals surface area contributed by atoms with Crippen molar-refractivity contribution in [3.05, 3.63) is 71.5 Å². The van der Waals surface area contributed by atoms with Gasteiger partial charge >= 0.3 is 5.97 Å². The molecule has 0 spiro atoms. The molecule has 1 heterocycles. The number of nitrogens with two attached hydrogens (primary N) is 1. The molecule has 7 nitrogen and oxygen atoms in total. The Kier molecular flexibility index (Phi) is 6.16. The first kappa shape index (κ1) is 19.3. The van der Waals surface area contributed by atoms with Crippen molar-refractivity contribution in [2.45, 2.75) is 32.8 Å². The number of hydrogen-bond donors (Lipinski definition) is 2. The fourth-order valence-electron chi connectivity index (χ4n) is 2.85. The minimum atomic E-state index is -0.329. The Bertz CT molecular complexity index is 947. The van der Waals surface area contributed by atoms with E-state index in [9.17, 15) is 4.79 Å². The van der Waals surface area contributed by atoms with Crippen molar-refractivity contribution < 1.29 is 9.53 Å². The maximum atomic E-state index is 12.5. The summed E-state index contributed by atoms with van der Waals surface area (Å²) >= 11 is 0. The molecule has 0 saturated heterocycles. The molecule has 1 atom stereocenters. The van der Waals surface area contributed by atoms with Gasteiger partial charge in [-0.1, -0.05) is 55.5 Å². The molecule has 28 heavy (non-hydrogen) atoms. The maximum Gasteiger partial charge on any atom is 0.313 e. The van der Waals surface area contributed by atoms with Crippen molar-refractivity contribution in [1.82, 2.24) is 15.0 Å². The Morgan fingerprint density at radius 2 is 1.79 bits per heavy atom. The number of anilines is 3. The highest BCUT2D eigenvalue weighted by Crippen LogP contribution is 2.22. The number of aryl methyl sites for hydroxylation is 1. The predicted molar refractivity (Wildman–Crippen MR) is 108 cm³/mol. The molecule has 0 bridgehead atoms. The number of hydrogen-bond acceptors (Lipinski definition) is 7. The highest BCUT2D eigenvalue weighted by Gasteiger charge is 2.20. The van der Waals surface area contributed by atoms with E-state index in [4.69, 9.17) is 10.5 Å². The molecule has 0 aliphatic heterocycles. The number of nitrogens with zero attached hydrogens (tertiary/aromatic N) is 3. The SMILES string of the molecule is CCC(C(=O)OCc1nc(N)nc(Nc2ccccc2C)n1)c1ccccc1. The van der Waals surface area contributed by atoms with Gasteiger partial charge in [0.05, 0.1) is 5.92 Å². The zero-order valence-electron chi connectivity index (χ0n) is 15.9. The molecule has 3 N–H and O–H groups in total. The third kappa shape index (κ3) is 4.82. The minimum absolute atomic E-state index is 0.0623. The average molecular weight is 377 g/mol. The second-order valence-corrected chi connectivity index (χ2v) is 6.35. The number of rotatable bonds is 7. The lowest BCUT2D eigenvalue weighted by Crippen LogP contribution is -2.17. The highest BCUT2D eigenvalue weighted by atomic mass is 16.5. The molecule has 0 radical (unpaired) electrons. The van der Waals surface area contributed by atoms with Gasteiger partial charge in [0.2, 0.25) is 11.9 Å². The van der Waals surface area contributed by atoms with Crippen LogP contribution in [-0.2, 0) is 16.1 Å². The van der Waals surface area contributed by atoms with E-state index in [1.807, 2.05) is 68.4 Å². The first-order valence-electron chi connectivity index (χ1n) is 9.11. The number of nitrogen functional groups attached to an aromatic ring is 1. The van der Waals surface area contributed by atoms with Crippen molar-refractivity contribution >= 4 is 23.6 Å². The van der Waals surface area contributed by atoms with Crippen LogP contribution in [0, 0.1) is 6.92 Å². The minimum Gasteiger partial charge on any atom is -0.457 e. The monoisotopic (exact) mass is 377 g/mol. The molecule has 0 aliphatic rings. The van der Waals surface area contributed by atoms with E-state index in [-0.39, 0.29) is 24.4 Å². The lowest BCUT2D eigenvalue weighted by Gasteiger charge is -2.14. The Balaban J connectivity index is 1.70. The molecule has 0 aliphatic carbocycles. The van der Waals surface area contributed by atoms with Crippen LogP contribution in [0.25, 0.3) is 0 Å². The topological polar surface area (TPSA) is 103 Å². The van der Waals surface area contributed by atoms with Crippen LogP contribution in [0.3, 0.4) is 0 Å². The summed E-state index contributed by atoms with van der Waals surface area (Å²) in [6.07, 6.45) is 0.641. The lowest BCUT2D eigenvalue weighted by atomic mass is 9.97. The molecule has 2 aromatic carbocycles. The molecular weight excluding hydrogens is 354 g/mol. The zero-order chi connectivity index (χ0) is 19.9. The summed E-state index contributed by atoms with van der Waals surface area (Å²) in [4.78, 5) is 25.0. The fourth-order valence-corrected chi connectivity index (χ4v) is 2.85. The zero-order valence-corrected chi connectivity index (χ0v) is 15.9. The summed E-state index contributed by atoms with van der Waals surface area (Å²) in [7, 11) is 0. The van der Waals surface area contributed by atoms with Crippen molar-refractivity contribution in [2.75, 3.05) is 11.1 Å². The predicted octanol–water partition coefficient (Wildman–Crippen LogP) is 3.74. The van der Waals surface area contributed by atoms with Crippen molar-refractivity contribution in [1.29, 1.82) is 0 Å². The maximum absolute atomic E-state index is 12.5. The van der Waals surface area contributed by atoms with Gasteiger partial charge in [0.1, 0.15) is 0 Å². The van der Waals surface area contributed by atoms with Crippen LogP contribution in [0.4, 0.5) is 17.6 Å². The van der Waals surface area contributed by atoms with Gasteiger partial charge in [-0.05, 0) is 30.5 Å². The number of nitrogens with one attached hydrogen (secondary N) is 1. The van der Waals surface area contributed by atoms with Gasteiger partial charge in [0, 0.05) is 5.69 Å². The van der Waals surface area contributed by atoms with Crippen LogP contribution in [0.1, 0.15) is 36.2 Å². The van der Waals surface area contributed by atoms with E-state index in [2.05, 4.69) is 20.3 Å². The van der Waals surface area contributed by atoms with Gasteiger partial charge in [0.15, 0.2) is 12.4 Å². The van der Waals surface area contributed by atoms with Gasteiger partial charge in [-0.2, -0.15) is 15.0 Å². The number of ether oxygens (including phenoxy) is 1. The van der Waals surface area contributed by atoms with Crippen LogP contribution < -0.4 is 11.1 Å². The summed E-state index contributed by atoms with van der Waals surface area (Å²) in [5.41, 5.74) is 8.63. The average Bonchev–Trinajstić information content (AvgIpc) is 2.69. The molecule has 0 saturated carbocycles. The van der Waals surface area contributed by atoms with Crippen LogP contribution in [0.2, 0.25) is 0 Å². The number of benzene rings is 2. The molecule has 3 aromatic rings. The molecule has 3 rings (SSSR count). The number of para-hydroxylation sites is 1. The number of carbonyl (C=O) groups is 1. The van der Waals surface area contributed by atoms with E-state index >= 15 is 0 Å². The smallest absolute Gasteiger partial charge is 0.313 e. The molecule has 0 fully saturated rings. The highest BCUT2D eigenvalue weighted by molar-refractivity contribution is 5.78.